The zero-order valence-electron chi connectivity index (χ0n) is 10.2. The van der Waals surface area contributed by atoms with E-state index in [4.69, 9.17) is 16.4 Å². The Labute approximate surface area is 118 Å². The van der Waals surface area contributed by atoms with Crippen molar-refractivity contribution in [3.8, 4) is 0 Å². The molecule has 0 amide bonds. The molecule has 0 saturated carbocycles. The van der Waals surface area contributed by atoms with E-state index in [0.29, 0.717) is 11.0 Å². The molecule has 20 heavy (non-hydrogen) atoms. The highest BCUT2D eigenvalue weighted by atomic mass is 35.5. The van der Waals surface area contributed by atoms with Crippen molar-refractivity contribution >= 4 is 22.6 Å². The molecule has 0 unspecified atom stereocenters. The largest absolute Gasteiger partial charge is 0.403 e. The summed E-state index contributed by atoms with van der Waals surface area (Å²) in [6, 6.07) is 9.48. The quantitative estimate of drug-likeness (QED) is 0.683. The fraction of sp³-hybridized carbons (Fsp3) is 0.0769. The summed E-state index contributed by atoms with van der Waals surface area (Å²) in [5, 5.41) is 0.520. The molecule has 0 radical (unpaired) electrons. The van der Waals surface area contributed by atoms with Gasteiger partial charge >= 0.3 is 5.69 Å². The first-order valence-electron chi connectivity index (χ1n) is 5.81. The molecule has 2 heterocycles. The van der Waals surface area contributed by atoms with Crippen LogP contribution in [0, 0.1) is 0 Å². The van der Waals surface area contributed by atoms with E-state index in [1.165, 1.54) is 12.5 Å². The van der Waals surface area contributed by atoms with Gasteiger partial charge in [0.1, 0.15) is 18.1 Å². The van der Waals surface area contributed by atoms with Crippen molar-refractivity contribution in [3.63, 3.8) is 0 Å². The zero-order valence-corrected chi connectivity index (χ0v) is 11.0. The minimum atomic E-state index is -0.614. The van der Waals surface area contributed by atoms with Crippen LogP contribution in [0.3, 0.4) is 0 Å². The van der Waals surface area contributed by atoms with Crippen LogP contribution < -0.4 is 10.5 Å². The Balaban J connectivity index is 2.01. The maximum absolute atomic E-state index is 11.9. The first-order valence-corrected chi connectivity index (χ1v) is 6.19. The third-order valence-corrected chi connectivity index (χ3v) is 2.96. The molecule has 0 saturated heterocycles. The van der Waals surface area contributed by atoms with E-state index in [2.05, 4.69) is 15.0 Å². The van der Waals surface area contributed by atoms with Crippen molar-refractivity contribution in [3.05, 3.63) is 64.1 Å². The van der Waals surface area contributed by atoms with Crippen LogP contribution in [0.25, 0.3) is 11.0 Å². The molecule has 0 fully saturated rings. The lowest BCUT2D eigenvalue weighted by atomic mass is 10.2. The summed E-state index contributed by atoms with van der Waals surface area (Å²) in [4.78, 5) is 28.9. The van der Waals surface area contributed by atoms with Crippen LogP contribution in [-0.2, 0) is 6.61 Å². The average Bonchev–Trinajstić information content (AvgIpc) is 2.48. The van der Waals surface area contributed by atoms with Crippen molar-refractivity contribution < 1.29 is 4.84 Å². The summed E-state index contributed by atoms with van der Waals surface area (Å²) in [6.45, 7) is 0.225. The van der Waals surface area contributed by atoms with Gasteiger partial charge in [-0.15, -0.1) is 4.73 Å². The Bertz CT molecular complexity index is 804. The number of fused-ring (bicyclic) bond motifs is 1. The molecule has 100 valence electrons. The maximum Gasteiger partial charge on any atom is 0.383 e. The molecule has 0 aliphatic carbocycles. The van der Waals surface area contributed by atoms with Gasteiger partial charge in [0.2, 0.25) is 0 Å². The lowest BCUT2D eigenvalue weighted by Gasteiger charge is -2.10. The van der Waals surface area contributed by atoms with Gasteiger partial charge < -0.3 is 4.84 Å². The SMILES string of the molecule is O=c1nc(Cl)c2cncnc2n1OCc1ccccc1. The number of hydrogen-bond donors (Lipinski definition) is 0. The fourth-order valence-corrected chi connectivity index (χ4v) is 1.95. The van der Waals surface area contributed by atoms with Crippen LogP contribution in [-0.4, -0.2) is 19.7 Å². The number of benzene rings is 1. The predicted molar refractivity (Wildman–Crippen MR) is 73.3 cm³/mol. The second-order valence-electron chi connectivity index (χ2n) is 4.00. The van der Waals surface area contributed by atoms with E-state index in [9.17, 15) is 4.79 Å². The molecular formula is C13H9ClN4O2. The van der Waals surface area contributed by atoms with Gasteiger partial charge in [-0.1, -0.05) is 41.9 Å². The van der Waals surface area contributed by atoms with Gasteiger partial charge in [0.05, 0.1) is 5.39 Å². The molecule has 1 aromatic carbocycles. The van der Waals surface area contributed by atoms with E-state index in [1.54, 1.807) is 0 Å². The van der Waals surface area contributed by atoms with E-state index >= 15 is 0 Å². The van der Waals surface area contributed by atoms with Crippen LogP contribution in [0.15, 0.2) is 47.7 Å². The molecule has 3 aromatic rings. The molecule has 0 bridgehead atoms. The first-order chi connectivity index (χ1) is 9.75. The third kappa shape index (κ3) is 2.33. The fourth-order valence-electron chi connectivity index (χ4n) is 1.74. The average molecular weight is 289 g/mol. The van der Waals surface area contributed by atoms with E-state index in [0.717, 1.165) is 10.3 Å². The second kappa shape index (κ2) is 5.26. The van der Waals surface area contributed by atoms with Crippen molar-refractivity contribution in [2.75, 3.05) is 0 Å². The molecule has 0 spiro atoms. The number of rotatable bonds is 3. The summed E-state index contributed by atoms with van der Waals surface area (Å²) < 4.78 is 1.02. The number of nitrogens with zero attached hydrogens (tertiary/aromatic N) is 4. The number of aromatic nitrogens is 4. The topological polar surface area (TPSA) is 69.9 Å². The molecular weight excluding hydrogens is 280 g/mol. The molecule has 0 aliphatic rings. The van der Waals surface area contributed by atoms with Crippen LogP contribution >= 0.6 is 11.6 Å². The van der Waals surface area contributed by atoms with Gasteiger partial charge in [-0.25, -0.2) is 14.8 Å². The van der Waals surface area contributed by atoms with Gasteiger partial charge in [-0.05, 0) is 5.56 Å². The molecule has 7 heteroatoms. The Kier molecular flexibility index (Phi) is 3.30. The lowest BCUT2D eigenvalue weighted by molar-refractivity contribution is 0.0949. The molecule has 3 rings (SSSR count). The number of halogens is 1. The third-order valence-electron chi connectivity index (χ3n) is 2.68. The Morgan fingerprint density at radius 1 is 1.25 bits per heavy atom. The van der Waals surface area contributed by atoms with Crippen LogP contribution in [0.5, 0.6) is 0 Å². The lowest BCUT2D eigenvalue weighted by Crippen LogP contribution is -2.30. The van der Waals surface area contributed by atoms with E-state index < -0.39 is 5.69 Å². The summed E-state index contributed by atoms with van der Waals surface area (Å²) in [5.74, 6) is 0. The maximum atomic E-state index is 11.9. The molecule has 0 aliphatic heterocycles. The van der Waals surface area contributed by atoms with Crippen LogP contribution in [0.2, 0.25) is 5.15 Å². The zero-order chi connectivity index (χ0) is 13.9. The molecule has 0 atom stereocenters. The van der Waals surface area contributed by atoms with Crippen molar-refractivity contribution in [2.24, 2.45) is 0 Å². The van der Waals surface area contributed by atoms with Crippen molar-refractivity contribution in [2.45, 2.75) is 6.61 Å². The standard InChI is InChI=1S/C13H9ClN4O2/c14-11-10-6-15-8-16-12(10)18(13(19)17-11)20-7-9-4-2-1-3-5-9/h1-6,8H,7H2. The first kappa shape index (κ1) is 12.6. The minimum absolute atomic E-state index is 0.0603. The minimum Gasteiger partial charge on any atom is -0.403 e. The smallest absolute Gasteiger partial charge is 0.383 e. The monoisotopic (exact) mass is 288 g/mol. The van der Waals surface area contributed by atoms with Gasteiger partial charge in [0.15, 0.2) is 5.65 Å². The van der Waals surface area contributed by atoms with E-state index in [1.807, 2.05) is 30.3 Å². The second-order valence-corrected chi connectivity index (χ2v) is 4.36. The van der Waals surface area contributed by atoms with Gasteiger partial charge in [0, 0.05) is 6.20 Å². The van der Waals surface area contributed by atoms with Crippen molar-refractivity contribution in [1.29, 1.82) is 0 Å². The van der Waals surface area contributed by atoms with Crippen molar-refractivity contribution in [1.82, 2.24) is 19.7 Å². The Morgan fingerprint density at radius 3 is 2.85 bits per heavy atom. The highest BCUT2D eigenvalue weighted by Crippen LogP contribution is 2.15. The summed E-state index contributed by atoms with van der Waals surface area (Å²) in [6.07, 6.45) is 2.81. The Hall–Kier alpha value is -2.47. The summed E-state index contributed by atoms with van der Waals surface area (Å²) in [5.41, 5.74) is 0.606. The van der Waals surface area contributed by atoms with Gasteiger partial charge in [-0.2, -0.15) is 4.98 Å². The highest BCUT2D eigenvalue weighted by Gasteiger charge is 2.11. The summed E-state index contributed by atoms with van der Waals surface area (Å²) >= 11 is 5.89. The van der Waals surface area contributed by atoms with Gasteiger partial charge in [0.25, 0.3) is 0 Å². The normalized spacial score (nSPS) is 10.7. The van der Waals surface area contributed by atoms with Crippen LogP contribution in [0.1, 0.15) is 5.56 Å². The van der Waals surface area contributed by atoms with E-state index in [-0.39, 0.29) is 11.8 Å². The van der Waals surface area contributed by atoms with Gasteiger partial charge in [-0.3, -0.25) is 0 Å². The molecule has 6 nitrogen and oxygen atoms in total. The molecule has 2 aromatic heterocycles. The molecule has 0 N–H and O–H groups in total. The predicted octanol–water partition coefficient (Wildman–Crippen LogP) is 1.47. The highest BCUT2D eigenvalue weighted by molar-refractivity contribution is 6.33. The summed E-state index contributed by atoms with van der Waals surface area (Å²) in [7, 11) is 0. The van der Waals surface area contributed by atoms with Crippen LogP contribution in [0.4, 0.5) is 0 Å². The number of hydrogen-bond acceptors (Lipinski definition) is 5. The Morgan fingerprint density at radius 2 is 2.05 bits per heavy atom.